The van der Waals surface area contributed by atoms with Gasteiger partial charge >= 0.3 is 0 Å². The number of pyridine rings is 1. The van der Waals surface area contributed by atoms with E-state index in [-0.39, 0.29) is 11.3 Å². The van der Waals surface area contributed by atoms with Gasteiger partial charge in [0.1, 0.15) is 23.1 Å². The summed E-state index contributed by atoms with van der Waals surface area (Å²) in [6.45, 7) is 3.22. The van der Waals surface area contributed by atoms with E-state index in [1.54, 1.807) is 13.8 Å². The van der Waals surface area contributed by atoms with Gasteiger partial charge in [-0.15, -0.1) is 0 Å². The number of nitro groups is 1. The van der Waals surface area contributed by atoms with Crippen molar-refractivity contribution in [1.82, 2.24) is 4.98 Å². The van der Waals surface area contributed by atoms with Crippen molar-refractivity contribution in [2.24, 2.45) is 0 Å². The molecule has 0 aliphatic heterocycles. The highest BCUT2D eigenvalue weighted by molar-refractivity contribution is 5.63. The molecule has 0 saturated heterocycles. The normalized spacial score (nSPS) is 15.7. The molecular weight excluding hydrogens is 256 g/mol. The average Bonchev–Trinajstić information content (AvgIpc) is 2.39. The van der Waals surface area contributed by atoms with Crippen LogP contribution in [0.4, 0.5) is 11.5 Å². The van der Waals surface area contributed by atoms with E-state index in [9.17, 15) is 15.4 Å². The molecule has 1 aromatic rings. The molecule has 0 amide bonds. The number of nitriles is 1. The molecule has 106 valence electrons. The minimum absolute atomic E-state index is 0.0595. The Kier molecular flexibility index (Phi) is 4.18. The van der Waals surface area contributed by atoms with Crippen molar-refractivity contribution in [3.63, 3.8) is 0 Å². The molecule has 0 radical (unpaired) electrons. The second kappa shape index (κ2) is 5.87. The Morgan fingerprint density at radius 3 is 2.55 bits per heavy atom. The second-order valence-electron chi connectivity index (χ2n) is 5.24. The van der Waals surface area contributed by atoms with Gasteiger partial charge in [-0.05, 0) is 26.7 Å². The monoisotopic (exact) mass is 274 g/mol. The summed E-state index contributed by atoms with van der Waals surface area (Å²) in [4.78, 5) is 14.8. The predicted molar refractivity (Wildman–Crippen MR) is 75.6 cm³/mol. The van der Waals surface area contributed by atoms with Crippen molar-refractivity contribution in [3.05, 3.63) is 26.9 Å². The van der Waals surface area contributed by atoms with E-state index >= 15 is 0 Å². The fourth-order valence-electron chi connectivity index (χ4n) is 2.79. The highest BCUT2D eigenvalue weighted by atomic mass is 16.6. The number of hydrogen-bond acceptors (Lipinski definition) is 5. The van der Waals surface area contributed by atoms with Gasteiger partial charge in [0.05, 0.1) is 10.5 Å². The standard InChI is InChI=1S/C14H18N4O2/c1-9-12(8-15)14(16-10(2)13(9)18(19)20)17-11-6-4-3-5-7-11/h11H,3-7H2,1-2H3,(H,16,17). The Hall–Kier alpha value is -2.16. The van der Waals surface area contributed by atoms with Gasteiger partial charge < -0.3 is 5.32 Å². The van der Waals surface area contributed by atoms with E-state index in [2.05, 4.69) is 10.3 Å². The van der Waals surface area contributed by atoms with Crippen LogP contribution in [-0.4, -0.2) is 15.9 Å². The first-order valence-electron chi connectivity index (χ1n) is 6.86. The summed E-state index contributed by atoms with van der Waals surface area (Å²) in [5.41, 5.74) is 0.969. The molecule has 1 saturated carbocycles. The van der Waals surface area contributed by atoms with Crippen molar-refractivity contribution in [1.29, 1.82) is 5.26 Å². The fraction of sp³-hybridized carbons (Fsp3) is 0.571. The van der Waals surface area contributed by atoms with E-state index < -0.39 is 4.92 Å². The number of nitrogens with zero attached hydrogens (tertiary/aromatic N) is 3. The summed E-state index contributed by atoms with van der Waals surface area (Å²) in [5.74, 6) is 0.486. The zero-order chi connectivity index (χ0) is 14.7. The first-order valence-corrected chi connectivity index (χ1v) is 6.86. The van der Waals surface area contributed by atoms with E-state index in [4.69, 9.17) is 0 Å². The molecule has 1 heterocycles. The second-order valence-corrected chi connectivity index (χ2v) is 5.24. The largest absolute Gasteiger partial charge is 0.366 e. The van der Waals surface area contributed by atoms with Crippen LogP contribution in [0.3, 0.4) is 0 Å². The van der Waals surface area contributed by atoms with E-state index in [0.29, 0.717) is 23.1 Å². The van der Waals surface area contributed by atoms with Gasteiger partial charge in [0.15, 0.2) is 0 Å². The summed E-state index contributed by atoms with van der Waals surface area (Å²) >= 11 is 0. The molecule has 0 aromatic carbocycles. The Morgan fingerprint density at radius 2 is 2.00 bits per heavy atom. The van der Waals surface area contributed by atoms with Crippen LogP contribution in [-0.2, 0) is 0 Å². The lowest BCUT2D eigenvalue weighted by atomic mass is 9.95. The highest BCUT2D eigenvalue weighted by Gasteiger charge is 2.24. The van der Waals surface area contributed by atoms with Crippen LogP contribution >= 0.6 is 0 Å². The molecule has 6 nitrogen and oxygen atoms in total. The molecule has 2 rings (SSSR count). The molecule has 1 aromatic heterocycles. The van der Waals surface area contributed by atoms with Crippen LogP contribution in [0.25, 0.3) is 0 Å². The molecule has 6 heteroatoms. The molecule has 0 unspecified atom stereocenters. The quantitative estimate of drug-likeness (QED) is 0.674. The van der Waals surface area contributed by atoms with Crippen LogP contribution in [0.5, 0.6) is 0 Å². The molecular formula is C14H18N4O2. The third-order valence-corrected chi connectivity index (χ3v) is 3.83. The highest BCUT2D eigenvalue weighted by Crippen LogP contribution is 2.30. The van der Waals surface area contributed by atoms with Gasteiger partial charge in [-0.1, -0.05) is 19.3 Å². The third kappa shape index (κ3) is 2.72. The molecule has 1 aliphatic carbocycles. The van der Waals surface area contributed by atoms with E-state index in [1.165, 1.54) is 19.3 Å². The van der Waals surface area contributed by atoms with E-state index in [0.717, 1.165) is 12.8 Å². The molecule has 0 atom stereocenters. The molecule has 20 heavy (non-hydrogen) atoms. The van der Waals surface area contributed by atoms with Crippen molar-refractivity contribution in [3.8, 4) is 6.07 Å². The number of anilines is 1. The van der Waals surface area contributed by atoms with Crippen molar-refractivity contribution < 1.29 is 4.92 Å². The third-order valence-electron chi connectivity index (χ3n) is 3.83. The Balaban J connectivity index is 2.38. The Morgan fingerprint density at radius 1 is 1.35 bits per heavy atom. The van der Waals surface area contributed by atoms with Crippen molar-refractivity contribution in [2.45, 2.75) is 52.0 Å². The maximum Gasteiger partial charge on any atom is 0.294 e. The van der Waals surface area contributed by atoms with Crippen LogP contribution in [0.1, 0.15) is 48.9 Å². The number of aryl methyl sites for hydroxylation is 1. The minimum Gasteiger partial charge on any atom is -0.366 e. The lowest BCUT2D eigenvalue weighted by Crippen LogP contribution is -2.24. The zero-order valence-corrected chi connectivity index (χ0v) is 11.8. The van der Waals surface area contributed by atoms with Crippen molar-refractivity contribution >= 4 is 11.5 Å². The first kappa shape index (κ1) is 14.3. The number of aromatic nitrogens is 1. The summed E-state index contributed by atoms with van der Waals surface area (Å²) in [6.07, 6.45) is 5.70. The Labute approximate surface area is 118 Å². The molecule has 0 spiro atoms. The van der Waals surface area contributed by atoms with Gasteiger partial charge in [-0.2, -0.15) is 5.26 Å². The zero-order valence-electron chi connectivity index (χ0n) is 11.8. The minimum atomic E-state index is -0.469. The Bertz CT molecular complexity index is 572. The van der Waals surface area contributed by atoms with Crippen LogP contribution in [0, 0.1) is 35.3 Å². The van der Waals surface area contributed by atoms with Gasteiger partial charge in [-0.3, -0.25) is 10.1 Å². The first-order chi connectivity index (χ1) is 9.54. The van der Waals surface area contributed by atoms with Gasteiger partial charge in [0.25, 0.3) is 5.69 Å². The number of rotatable bonds is 3. The van der Waals surface area contributed by atoms with Crippen LogP contribution in [0.2, 0.25) is 0 Å². The van der Waals surface area contributed by atoms with Gasteiger partial charge in [0, 0.05) is 6.04 Å². The van der Waals surface area contributed by atoms with Gasteiger partial charge in [0.2, 0.25) is 0 Å². The summed E-state index contributed by atoms with van der Waals surface area (Å²) in [6, 6.07) is 2.36. The van der Waals surface area contributed by atoms with Crippen molar-refractivity contribution in [2.75, 3.05) is 5.32 Å². The molecule has 0 bridgehead atoms. The number of nitrogens with one attached hydrogen (secondary N) is 1. The molecule has 1 aliphatic rings. The van der Waals surface area contributed by atoms with Crippen LogP contribution < -0.4 is 5.32 Å². The summed E-state index contributed by atoms with van der Waals surface area (Å²) < 4.78 is 0. The van der Waals surface area contributed by atoms with Crippen LogP contribution in [0.15, 0.2) is 0 Å². The smallest absolute Gasteiger partial charge is 0.294 e. The lowest BCUT2D eigenvalue weighted by molar-refractivity contribution is -0.386. The summed E-state index contributed by atoms with van der Waals surface area (Å²) in [7, 11) is 0. The lowest BCUT2D eigenvalue weighted by Gasteiger charge is -2.24. The summed E-state index contributed by atoms with van der Waals surface area (Å²) in [5, 5.41) is 23.6. The average molecular weight is 274 g/mol. The maximum absolute atomic E-state index is 11.0. The molecule has 1 N–H and O–H groups in total. The SMILES string of the molecule is Cc1nc(NC2CCCCC2)c(C#N)c(C)c1[N+](=O)[O-]. The topological polar surface area (TPSA) is 91.8 Å². The maximum atomic E-state index is 11.0. The fourth-order valence-corrected chi connectivity index (χ4v) is 2.79. The molecule has 1 fully saturated rings. The van der Waals surface area contributed by atoms with Gasteiger partial charge in [-0.25, -0.2) is 4.98 Å². The predicted octanol–water partition coefficient (Wildman–Crippen LogP) is 3.22. The number of hydrogen-bond donors (Lipinski definition) is 1. The van der Waals surface area contributed by atoms with E-state index in [1.807, 2.05) is 6.07 Å².